The molecule has 3 nitrogen and oxygen atoms in total. The van der Waals surface area contributed by atoms with E-state index in [0.717, 1.165) is 17.7 Å². The Morgan fingerprint density at radius 3 is 3.18 bits per heavy atom. The maximum atomic E-state index is 11.6. The highest BCUT2D eigenvalue weighted by Crippen LogP contribution is 2.32. The van der Waals surface area contributed by atoms with Gasteiger partial charge in [-0.3, -0.25) is 4.79 Å². The van der Waals surface area contributed by atoms with Gasteiger partial charge in [0.15, 0.2) is 0 Å². The fourth-order valence-electron chi connectivity index (χ4n) is 2.02. The van der Waals surface area contributed by atoms with E-state index in [1.807, 2.05) is 19.1 Å². The Morgan fingerprint density at radius 1 is 1.59 bits per heavy atom. The number of rotatable bonds is 3. The molecule has 1 aliphatic rings. The number of carbonyl (C=O) groups is 1. The second kappa shape index (κ2) is 5.54. The molecule has 17 heavy (non-hydrogen) atoms. The second-order valence-corrected chi connectivity index (χ2v) is 5.03. The number of amides is 1. The van der Waals surface area contributed by atoms with Crippen LogP contribution in [0.2, 0.25) is 0 Å². The summed E-state index contributed by atoms with van der Waals surface area (Å²) in [6, 6.07) is 6.19. The molecule has 0 aliphatic carbocycles. The molecular formula is C13H16BrNO2. The van der Waals surface area contributed by atoms with Gasteiger partial charge in [0, 0.05) is 23.7 Å². The number of aryl methyl sites for hydroxylation is 1. The van der Waals surface area contributed by atoms with Gasteiger partial charge in [-0.25, -0.2) is 0 Å². The predicted molar refractivity (Wildman–Crippen MR) is 70.6 cm³/mol. The molecule has 0 fully saturated rings. The first-order chi connectivity index (χ1) is 8.20. The number of nitrogens with one attached hydrogen (secondary N) is 1. The van der Waals surface area contributed by atoms with Crippen molar-refractivity contribution in [2.75, 3.05) is 11.9 Å². The standard InChI is InChI=1S/C13H16BrNO2/c1-9-2-3-12-10(8-9)11(5-7-17-12)15-13(16)4-6-14/h2-3,8,11H,4-7H2,1H3,(H,15,16). The minimum absolute atomic E-state index is 0.0845. The van der Waals surface area contributed by atoms with Crippen LogP contribution in [0.3, 0.4) is 0 Å². The third-order valence-corrected chi connectivity index (χ3v) is 3.26. The third-order valence-electron chi connectivity index (χ3n) is 2.86. The zero-order chi connectivity index (χ0) is 12.3. The van der Waals surface area contributed by atoms with Crippen LogP contribution in [0.1, 0.15) is 30.0 Å². The quantitative estimate of drug-likeness (QED) is 0.871. The van der Waals surface area contributed by atoms with Gasteiger partial charge in [0.05, 0.1) is 12.6 Å². The van der Waals surface area contributed by atoms with E-state index in [1.165, 1.54) is 5.56 Å². The number of alkyl halides is 1. The molecular weight excluding hydrogens is 282 g/mol. The van der Waals surface area contributed by atoms with Gasteiger partial charge in [-0.15, -0.1) is 0 Å². The van der Waals surface area contributed by atoms with Crippen LogP contribution in [0.5, 0.6) is 5.75 Å². The summed E-state index contributed by atoms with van der Waals surface area (Å²) in [6.07, 6.45) is 1.35. The number of halogens is 1. The molecule has 1 amide bonds. The van der Waals surface area contributed by atoms with Crippen LogP contribution in [0.15, 0.2) is 18.2 Å². The molecule has 92 valence electrons. The van der Waals surface area contributed by atoms with E-state index in [2.05, 4.69) is 27.3 Å². The minimum Gasteiger partial charge on any atom is -0.493 e. The summed E-state index contributed by atoms with van der Waals surface area (Å²) in [5.41, 5.74) is 2.29. The normalized spacial score (nSPS) is 18.1. The molecule has 1 aliphatic heterocycles. The molecule has 0 saturated heterocycles. The van der Waals surface area contributed by atoms with Gasteiger partial charge in [-0.2, -0.15) is 0 Å². The molecule has 1 aromatic carbocycles. The summed E-state index contributed by atoms with van der Waals surface area (Å²) in [7, 11) is 0. The fourth-order valence-corrected chi connectivity index (χ4v) is 2.38. The average molecular weight is 298 g/mol. The van der Waals surface area contributed by atoms with Crippen molar-refractivity contribution in [2.24, 2.45) is 0 Å². The van der Waals surface area contributed by atoms with E-state index < -0.39 is 0 Å². The molecule has 4 heteroatoms. The highest BCUT2D eigenvalue weighted by Gasteiger charge is 2.22. The topological polar surface area (TPSA) is 38.3 Å². The second-order valence-electron chi connectivity index (χ2n) is 4.24. The van der Waals surface area contributed by atoms with Gasteiger partial charge >= 0.3 is 0 Å². The third kappa shape index (κ3) is 3.00. The van der Waals surface area contributed by atoms with Gasteiger partial charge in [-0.1, -0.05) is 33.6 Å². The predicted octanol–water partition coefficient (Wildman–Crippen LogP) is 2.72. The minimum atomic E-state index is 0.0845. The first-order valence-electron chi connectivity index (χ1n) is 5.79. The smallest absolute Gasteiger partial charge is 0.221 e. The zero-order valence-electron chi connectivity index (χ0n) is 9.83. The number of hydrogen-bond donors (Lipinski definition) is 1. The molecule has 2 rings (SSSR count). The number of hydrogen-bond acceptors (Lipinski definition) is 2. The zero-order valence-corrected chi connectivity index (χ0v) is 11.4. The molecule has 0 radical (unpaired) electrons. The number of ether oxygens (including phenoxy) is 1. The van der Waals surface area contributed by atoms with Crippen molar-refractivity contribution in [2.45, 2.75) is 25.8 Å². The Bertz CT molecular complexity index is 420. The van der Waals surface area contributed by atoms with Crippen molar-refractivity contribution in [1.29, 1.82) is 0 Å². The van der Waals surface area contributed by atoms with Gasteiger partial charge < -0.3 is 10.1 Å². The van der Waals surface area contributed by atoms with Crippen LogP contribution < -0.4 is 10.1 Å². The van der Waals surface area contributed by atoms with Gasteiger partial charge in [0.1, 0.15) is 5.75 Å². The van der Waals surface area contributed by atoms with Crippen LogP contribution >= 0.6 is 15.9 Å². The number of benzene rings is 1. The number of fused-ring (bicyclic) bond motifs is 1. The van der Waals surface area contributed by atoms with Crippen LogP contribution in [-0.4, -0.2) is 17.8 Å². The van der Waals surface area contributed by atoms with Gasteiger partial charge in [-0.05, 0) is 13.0 Å². The lowest BCUT2D eigenvalue weighted by Crippen LogP contribution is -2.32. The van der Waals surface area contributed by atoms with E-state index in [1.54, 1.807) is 0 Å². The summed E-state index contributed by atoms with van der Waals surface area (Å²) in [4.78, 5) is 11.6. The molecule has 1 heterocycles. The van der Waals surface area contributed by atoms with Crippen molar-refractivity contribution >= 4 is 21.8 Å². The van der Waals surface area contributed by atoms with Crippen LogP contribution in [0.25, 0.3) is 0 Å². The molecule has 0 aromatic heterocycles. The summed E-state index contributed by atoms with van der Waals surface area (Å²) >= 11 is 3.27. The average Bonchev–Trinajstić information content (AvgIpc) is 2.30. The van der Waals surface area contributed by atoms with E-state index >= 15 is 0 Å². The molecule has 1 N–H and O–H groups in total. The van der Waals surface area contributed by atoms with Gasteiger partial charge in [0.2, 0.25) is 5.91 Å². The van der Waals surface area contributed by atoms with Gasteiger partial charge in [0.25, 0.3) is 0 Å². The van der Waals surface area contributed by atoms with E-state index in [9.17, 15) is 4.79 Å². The van der Waals surface area contributed by atoms with E-state index in [0.29, 0.717) is 18.4 Å². The van der Waals surface area contributed by atoms with Crippen molar-refractivity contribution < 1.29 is 9.53 Å². The summed E-state index contributed by atoms with van der Waals surface area (Å²) < 4.78 is 5.59. The van der Waals surface area contributed by atoms with Crippen LogP contribution in [-0.2, 0) is 4.79 Å². The van der Waals surface area contributed by atoms with Crippen molar-refractivity contribution in [1.82, 2.24) is 5.32 Å². The molecule has 0 bridgehead atoms. The monoisotopic (exact) mass is 297 g/mol. The van der Waals surface area contributed by atoms with Crippen LogP contribution in [0, 0.1) is 6.92 Å². The summed E-state index contributed by atoms with van der Waals surface area (Å²) in [5.74, 6) is 0.979. The Labute approximate surface area is 110 Å². The maximum absolute atomic E-state index is 11.6. The first kappa shape index (κ1) is 12.4. The lowest BCUT2D eigenvalue weighted by atomic mass is 9.98. The molecule has 0 spiro atoms. The highest BCUT2D eigenvalue weighted by molar-refractivity contribution is 9.09. The molecule has 0 saturated carbocycles. The van der Waals surface area contributed by atoms with Crippen molar-refractivity contribution in [3.8, 4) is 5.75 Å². The fraction of sp³-hybridized carbons (Fsp3) is 0.462. The Balaban J connectivity index is 2.16. The van der Waals surface area contributed by atoms with E-state index in [-0.39, 0.29) is 11.9 Å². The largest absolute Gasteiger partial charge is 0.493 e. The van der Waals surface area contributed by atoms with Crippen LogP contribution in [0.4, 0.5) is 0 Å². The molecule has 1 atom stereocenters. The Kier molecular flexibility index (Phi) is 4.05. The highest BCUT2D eigenvalue weighted by atomic mass is 79.9. The summed E-state index contributed by atoms with van der Waals surface area (Å²) in [5, 5.41) is 3.75. The SMILES string of the molecule is Cc1ccc2c(c1)C(NC(=O)CCBr)CCO2. The maximum Gasteiger partial charge on any atom is 0.221 e. The summed E-state index contributed by atoms with van der Waals surface area (Å²) in [6.45, 7) is 2.71. The van der Waals surface area contributed by atoms with Crippen molar-refractivity contribution in [3.05, 3.63) is 29.3 Å². The Morgan fingerprint density at radius 2 is 2.41 bits per heavy atom. The molecule has 1 unspecified atom stereocenters. The first-order valence-corrected chi connectivity index (χ1v) is 6.91. The Hall–Kier alpha value is -1.03. The van der Waals surface area contributed by atoms with Crippen molar-refractivity contribution in [3.63, 3.8) is 0 Å². The molecule has 1 aromatic rings. The van der Waals surface area contributed by atoms with E-state index in [4.69, 9.17) is 4.74 Å². The number of carbonyl (C=O) groups excluding carboxylic acids is 1. The lowest BCUT2D eigenvalue weighted by molar-refractivity contribution is -0.121. The lowest BCUT2D eigenvalue weighted by Gasteiger charge is -2.27.